The number of methoxy groups -OCH3 is 2. The summed E-state index contributed by atoms with van der Waals surface area (Å²) in [5.74, 6) is 1.06. The van der Waals surface area contributed by atoms with Gasteiger partial charge in [-0.25, -0.2) is 4.99 Å². The number of fused-ring (bicyclic) bond motifs is 1. The van der Waals surface area contributed by atoms with E-state index in [2.05, 4.69) is 10.3 Å². The summed E-state index contributed by atoms with van der Waals surface area (Å²) in [6.45, 7) is 0. The molecule has 0 fully saturated rings. The minimum atomic E-state index is -0.323. The maximum Gasteiger partial charge on any atom is 0.261 e. The Kier molecular flexibility index (Phi) is 5.48. The van der Waals surface area contributed by atoms with Crippen molar-refractivity contribution in [1.29, 1.82) is 0 Å². The Labute approximate surface area is 173 Å². The fourth-order valence-corrected chi connectivity index (χ4v) is 2.98. The number of carbonyl (C=O) groups excluding carboxylic acids is 1. The van der Waals surface area contributed by atoms with E-state index >= 15 is 0 Å². The second-order valence-electron chi connectivity index (χ2n) is 6.50. The molecular weight excluding hydrogens is 380 g/mol. The van der Waals surface area contributed by atoms with Crippen molar-refractivity contribution in [3.63, 3.8) is 0 Å². The van der Waals surface area contributed by atoms with Crippen LogP contribution in [0.2, 0.25) is 0 Å². The highest BCUT2D eigenvalue weighted by Gasteiger charge is 2.13. The summed E-state index contributed by atoms with van der Waals surface area (Å²) in [4.78, 5) is 17.6. The van der Waals surface area contributed by atoms with Crippen molar-refractivity contribution >= 4 is 28.3 Å². The zero-order chi connectivity index (χ0) is 20.9. The fraction of sp³-hybridized carbons (Fsp3) is 0.0833. The van der Waals surface area contributed by atoms with E-state index in [1.807, 2.05) is 42.5 Å². The first kappa shape index (κ1) is 19.3. The number of carbonyl (C=O) groups is 1. The van der Waals surface area contributed by atoms with Crippen LogP contribution in [0, 0.1) is 0 Å². The third-order valence-corrected chi connectivity index (χ3v) is 4.53. The molecule has 1 amide bonds. The molecule has 1 aromatic heterocycles. The van der Waals surface area contributed by atoms with Gasteiger partial charge in [0.25, 0.3) is 5.91 Å². The third-order valence-electron chi connectivity index (χ3n) is 4.53. The molecule has 0 saturated heterocycles. The molecule has 1 N–H and O–H groups in total. The van der Waals surface area contributed by atoms with Gasteiger partial charge in [0, 0.05) is 17.1 Å². The van der Waals surface area contributed by atoms with Gasteiger partial charge in [-0.3, -0.25) is 4.79 Å². The first-order valence-corrected chi connectivity index (χ1v) is 9.33. The standard InChI is InChI=1S/C24H20N2O4/c1-28-19-12-10-17(11-13-19)25-23(27)21-14-16-6-3-4-9-22(16)30-24(21)26-18-7-5-8-20(15-18)29-2/h3-15H,1-2H3,(H,25,27). The fourth-order valence-electron chi connectivity index (χ4n) is 2.98. The van der Waals surface area contributed by atoms with E-state index in [0.717, 1.165) is 5.39 Å². The molecule has 150 valence electrons. The molecule has 0 spiro atoms. The molecule has 0 unspecified atom stereocenters. The van der Waals surface area contributed by atoms with Gasteiger partial charge in [0.15, 0.2) is 0 Å². The predicted octanol–water partition coefficient (Wildman–Crippen LogP) is 4.93. The van der Waals surface area contributed by atoms with Gasteiger partial charge in [0.1, 0.15) is 22.6 Å². The Balaban J connectivity index is 1.79. The number of para-hydroxylation sites is 1. The van der Waals surface area contributed by atoms with Crippen molar-refractivity contribution in [3.8, 4) is 11.5 Å². The van der Waals surface area contributed by atoms with Crippen LogP contribution < -0.4 is 20.3 Å². The molecule has 0 aliphatic carbocycles. The lowest BCUT2D eigenvalue weighted by atomic mass is 10.1. The predicted molar refractivity (Wildman–Crippen MR) is 115 cm³/mol. The number of ether oxygens (including phenoxy) is 2. The van der Waals surface area contributed by atoms with E-state index < -0.39 is 0 Å². The molecule has 4 rings (SSSR count). The minimum Gasteiger partial charge on any atom is -0.497 e. The molecule has 0 radical (unpaired) electrons. The van der Waals surface area contributed by atoms with Crippen LogP contribution >= 0.6 is 0 Å². The SMILES string of the molecule is COc1ccc(NC(=O)c2cc3ccccc3oc2=Nc2cccc(OC)c2)cc1. The van der Waals surface area contributed by atoms with E-state index in [9.17, 15) is 4.79 Å². The van der Waals surface area contributed by atoms with Crippen LogP contribution in [0.5, 0.6) is 11.5 Å². The second kappa shape index (κ2) is 8.53. The number of benzene rings is 3. The molecule has 6 nitrogen and oxygen atoms in total. The van der Waals surface area contributed by atoms with E-state index in [1.54, 1.807) is 50.6 Å². The van der Waals surface area contributed by atoms with Crippen LogP contribution in [0.3, 0.4) is 0 Å². The molecule has 6 heteroatoms. The number of anilines is 1. The summed E-state index contributed by atoms with van der Waals surface area (Å²) in [7, 11) is 3.18. The number of nitrogens with one attached hydrogen (secondary N) is 1. The van der Waals surface area contributed by atoms with Gasteiger partial charge in [-0.1, -0.05) is 24.3 Å². The minimum absolute atomic E-state index is 0.216. The summed E-state index contributed by atoms with van der Waals surface area (Å²) in [5, 5.41) is 3.69. The van der Waals surface area contributed by atoms with Crippen LogP contribution in [-0.2, 0) is 0 Å². The quantitative estimate of drug-likeness (QED) is 0.515. The summed E-state index contributed by atoms with van der Waals surface area (Å²) in [6.07, 6.45) is 0. The molecule has 0 aliphatic rings. The molecule has 0 aliphatic heterocycles. The van der Waals surface area contributed by atoms with E-state index in [4.69, 9.17) is 13.9 Å². The number of nitrogens with zero attached hydrogens (tertiary/aromatic N) is 1. The molecule has 1 heterocycles. The average Bonchev–Trinajstić information content (AvgIpc) is 2.79. The van der Waals surface area contributed by atoms with Gasteiger partial charge in [0.2, 0.25) is 5.55 Å². The summed E-state index contributed by atoms with van der Waals surface area (Å²) < 4.78 is 16.4. The van der Waals surface area contributed by atoms with Gasteiger partial charge in [-0.05, 0) is 48.5 Å². The zero-order valence-corrected chi connectivity index (χ0v) is 16.6. The lowest BCUT2D eigenvalue weighted by molar-refractivity contribution is 0.102. The molecule has 30 heavy (non-hydrogen) atoms. The van der Waals surface area contributed by atoms with Gasteiger partial charge >= 0.3 is 0 Å². The maximum atomic E-state index is 13.1. The van der Waals surface area contributed by atoms with Gasteiger partial charge in [-0.2, -0.15) is 0 Å². The first-order chi connectivity index (χ1) is 14.7. The van der Waals surface area contributed by atoms with Crippen molar-refractivity contribution in [2.24, 2.45) is 4.99 Å². The molecule has 4 aromatic rings. The Morgan fingerprint density at radius 3 is 2.40 bits per heavy atom. The average molecular weight is 400 g/mol. The first-order valence-electron chi connectivity index (χ1n) is 9.33. The van der Waals surface area contributed by atoms with E-state index in [1.165, 1.54) is 0 Å². The highest BCUT2D eigenvalue weighted by molar-refractivity contribution is 6.05. The number of amides is 1. The smallest absolute Gasteiger partial charge is 0.261 e. The molecular formula is C24H20N2O4. The second-order valence-corrected chi connectivity index (χ2v) is 6.50. The van der Waals surface area contributed by atoms with Gasteiger partial charge in [-0.15, -0.1) is 0 Å². The Bertz CT molecular complexity index is 1260. The van der Waals surface area contributed by atoms with Crippen molar-refractivity contribution in [2.45, 2.75) is 0 Å². The van der Waals surface area contributed by atoms with Crippen LogP contribution in [0.15, 0.2) is 88.3 Å². The molecule has 0 saturated carbocycles. The zero-order valence-electron chi connectivity index (χ0n) is 16.6. The van der Waals surface area contributed by atoms with Gasteiger partial charge in [0.05, 0.1) is 19.9 Å². The van der Waals surface area contributed by atoms with Crippen LogP contribution in [-0.4, -0.2) is 20.1 Å². The monoisotopic (exact) mass is 400 g/mol. The molecule has 3 aromatic carbocycles. The van der Waals surface area contributed by atoms with Crippen LogP contribution in [0.1, 0.15) is 10.4 Å². The van der Waals surface area contributed by atoms with Crippen molar-refractivity contribution in [1.82, 2.24) is 0 Å². The summed E-state index contributed by atoms with van der Waals surface area (Å²) in [5.41, 5.74) is 2.44. The largest absolute Gasteiger partial charge is 0.497 e. The summed E-state index contributed by atoms with van der Waals surface area (Å²) >= 11 is 0. The summed E-state index contributed by atoms with van der Waals surface area (Å²) in [6, 6.07) is 23.6. The lowest BCUT2D eigenvalue weighted by Crippen LogP contribution is -2.21. The highest BCUT2D eigenvalue weighted by Crippen LogP contribution is 2.21. The molecule has 0 bridgehead atoms. The van der Waals surface area contributed by atoms with Crippen molar-refractivity contribution < 1.29 is 18.7 Å². The van der Waals surface area contributed by atoms with E-state index in [-0.39, 0.29) is 11.5 Å². The van der Waals surface area contributed by atoms with Crippen LogP contribution in [0.25, 0.3) is 11.0 Å². The number of rotatable bonds is 5. The lowest BCUT2D eigenvalue weighted by Gasteiger charge is -2.08. The van der Waals surface area contributed by atoms with Crippen LogP contribution in [0.4, 0.5) is 11.4 Å². The Hall–Kier alpha value is -4.06. The van der Waals surface area contributed by atoms with Crippen molar-refractivity contribution in [2.75, 3.05) is 19.5 Å². The van der Waals surface area contributed by atoms with Gasteiger partial charge < -0.3 is 19.2 Å². The Morgan fingerprint density at radius 1 is 0.867 bits per heavy atom. The Morgan fingerprint density at radius 2 is 1.63 bits per heavy atom. The highest BCUT2D eigenvalue weighted by atomic mass is 16.5. The number of hydrogen-bond acceptors (Lipinski definition) is 5. The molecule has 0 atom stereocenters. The normalized spacial score (nSPS) is 11.3. The van der Waals surface area contributed by atoms with E-state index in [0.29, 0.717) is 34.0 Å². The maximum absolute atomic E-state index is 13.1. The van der Waals surface area contributed by atoms with Crippen molar-refractivity contribution in [3.05, 3.63) is 90.0 Å². The topological polar surface area (TPSA) is 73.1 Å². The number of hydrogen-bond donors (Lipinski definition) is 1. The third kappa shape index (κ3) is 4.17.